The van der Waals surface area contributed by atoms with Gasteiger partial charge in [-0.1, -0.05) is 6.92 Å². The molecule has 92 valence electrons. The number of hydrogen-bond acceptors (Lipinski definition) is 2. The Bertz CT molecular complexity index is 432. The molecule has 1 aromatic rings. The van der Waals surface area contributed by atoms with Gasteiger partial charge >= 0.3 is 0 Å². The lowest BCUT2D eigenvalue weighted by Crippen LogP contribution is -2.24. The predicted molar refractivity (Wildman–Crippen MR) is 74.2 cm³/mol. The largest absolute Gasteiger partial charge is 0.376 e. The summed E-state index contributed by atoms with van der Waals surface area (Å²) in [4.78, 5) is 11.7. The molecule has 0 aliphatic rings. The molecule has 0 radical (unpaired) electrons. The van der Waals surface area contributed by atoms with E-state index in [1.807, 2.05) is 19.9 Å². The molecule has 1 aromatic carbocycles. The summed E-state index contributed by atoms with van der Waals surface area (Å²) in [6.07, 6.45) is 0.922. The second kappa shape index (κ2) is 6.20. The lowest BCUT2D eigenvalue weighted by atomic mass is 10.1. The van der Waals surface area contributed by atoms with Crippen LogP contribution in [0.5, 0.6) is 0 Å². The van der Waals surface area contributed by atoms with Crippen LogP contribution < -0.4 is 16.4 Å². The fourth-order valence-electron chi connectivity index (χ4n) is 1.42. The fraction of sp³-hybridized carbons (Fsp3) is 0.333. The summed E-state index contributed by atoms with van der Waals surface area (Å²) in [5.41, 5.74) is 7.80. The molecule has 0 fully saturated rings. The van der Waals surface area contributed by atoms with E-state index in [2.05, 4.69) is 10.6 Å². The van der Waals surface area contributed by atoms with E-state index in [0.29, 0.717) is 12.1 Å². The van der Waals surface area contributed by atoms with Gasteiger partial charge in [-0.15, -0.1) is 0 Å². The smallest absolute Gasteiger partial charge is 0.251 e. The second-order valence-electron chi connectivity index (χ2n) is 3.77. The number of amides is 1. The summed E-state index contributed by atoms with van der Waals surface area (Å²) in [6, 6.07) is 5.36. The van der Waals surface area contributed by atoms with Gasteiger partial charge in [0, 0.05) is 17.8 Å². The Morgan fingerprint density at radius 3 is 2.71 bits per heavy atom. The molecule has 0 unspecified atom stereocenters. The van der Waals surface area contributed by atoms with E-state index in [4.69, 9.17) is 18.0 Å². The normalized spacial score (nSPS) is 9.76. The highest BCUT2D eigenvalue weighted by molar-refractivity contribution is 7.80. The van der Waals surface area contributed by atoms with E-state index in [-0.39, 0.29) is 11.0 Å². The van der Waals surface area contributed by atoms with Crippen molar-refractivity contribution >= 4 is 28.9 Å². The summed E-state index contributed by atoms with van der Waals surface area (Å²) in [6.45, 7) is 4.60. The number of benzene rings is 1. The van der Waals surface area contributed by atoms with Crippen LogP contribution in [0, 0.1) is 6.92 Å². The Morgan fingerprint density at radius 1 is 1.47 bits per heavy atom. The number of carbonyl (C=O) groups is 1. The van der Waals surface area contributed by atoms with Crippen molar-refractivity contribution in [2.75, 3.05) is 11.9 Å². The Kier molecular flexibility index (Phi) is 4.90. The van der Waals surface area contributed by atoms with Crippen molar-refractivity contribution in [3.8, 4) is 0 Å². The maximum Gasteiger partial charge on any atom is 0.251 e. The van der Waals surface area contributed by atoms with Gasteiger partial charge in [0.2, 0.25) is 0 Å². The van der Waals surface area contributed by atoms with Gasteiger partial charge in [-0.25, -0.2) is 0 Å². The molecule has 0 bridgehead atoms. The molecule has 5 heteroatoms. The minimum Gasteiger partial charge on any atom is -0.376 e. The van der Waals surface area contributed by atoms with Gasteiger partial charge in [-0.2, -0.15) is 0 Å². The van der Waals surface area contributed by atoms with Gasteiger partial charge in [0.1, 0.15) is 0 Å². The lowest BCUT2D eigenvalue weighted by Gasteiger charge is -2.09. The van der Waals surface area contributed by atoms with Crippen LogP contribution in [-0.4, -0.2) is 17.6 Å². The van der Waals surface area contributed by atoms with Crippen molar-refractivity contribution in [2.24, 2.45) is 5.73 Å². The molecule has 0 spiro atoms. The van der Waals surface area contributed by atoms with Crippen molar-refractivity contribution in [1.82, 2.24) is 5.32 Å². The van der Waals surface area contributed by atoms with Gasteiger partial charge in [0.05, 0.1) is 0 Å². The van der Waals surface area contributed by atoms with Crippen LogP contribution in [0.1, 0.15) is 29.3 Å². The van der Waals surface area contributed by atoms with Gasteiger partial charge in [-0.05, 0) is 49.3 Å². The standard InChI is InChI=1S/C12H17N3OS/c1-3-6-14-11(16)9-4-5-10(8(2)7-9)15-12(13)17/h4-5,7H,3,6H2,1-2H3,(H,14,16)(H3,13,15,17). The van der Waals surface area contributed by atoms with Crippen LogP contribution in [0.15, 0.2) is 18.2 Å². The zero-order valence-electron chi connectivity index (χ0n) is 10.0. The minimum atomic E-state index is -0.0585. The van der Waals surface area contributed by atoms with E-state index in [0.717, 1.165) is 17.7 Å². The third kappa shape index (κ3) is 4.03. The SMILES string of the molecule is CCCNC(=O)c1ccc(NC(N)=S)c(C)c1. The Morgan fingerprint density at radius 2 is 2.18 bits per heavy atom. The molecule has 0 saturated heterocycles. The highest BCUT2D eigenvalue weighted by Crippen LogP contribution is 2.16. The van der Waals surface area contributed by atoms with E-state index in [9.17, 15) is 4.79 Å². The zero-order chi connectivity index (χ0) is 12.8. The summed E-state index contributed by atoms with van der Waals surface area (Å²) in [7, 11) is 0. The second-order valence-corrected chi connectivity index (χ2v) is 4.21. The first-order chi connectivity index (χ1) is 8.04. The summed E-state index contributed by atoms with van der Waals surface area (Å²) in [5.74, 6) is -0.0585. The number of anilines is 1. The summed E-state index contributed by atoms with van der Waals surface area (Å²) >= 11 is 4.77. The lowest BCUT2D eigenvalue weighted by molar-refractivity contribution is 0.0953. The van der Waals surface area contributed by atoms with E-state index < -0.39 is 0 Å². The van der Waals surface area contributed by atoms with Crippen molar-refractivity contribution in [3.63, 3.8) is 0 Å². The van der Waals surface area contributed by atoms with Crippen LogP contribution in [-0.2, 0) is 0 Å². The first kappa shape index (κ1) is 13.4. The molecule has 0 aliphatic heterocycles. The van der Waals surface area contributed by atoms with E-state index >= 15 is 0 Å². The van der Waals surface area contributed by atoms with Crippen LogP contribution >= 0.6 is 12.2 Å². The minimum absolute atomic E-state index is 0.0585. The number of thiocarbonyl (C=S) groups is 1. The average molecular weight is 251 g/mol. The molecule has 0 aromatic heterocycles. The van der Waals surface area contributed by atoms with Crippen LogP contribution in [0.3, 0.4) is 0 Å². The molecule has 1 amide bonds. The molecule has 0 aliphatic carbocycles. The summed E-state index contributed by atoms with van der Waals surface area (Å²) in [5, 5.41) is 5.90. The maximum atomic E-state index is 11.7. The molecule has 17 heavy (non-hydrogen) atoms. The van der Waals surface area contributed by atoms with Crippen molar-refractivity contribution in [3.05, 3.63) is 29.3 Å². The fourth-order valence-corrected chi connectivity index (χ4v) is 1.53. The van der Waals surface area contributed by atoms with E-state index in [1.165, 1.54) is 0 Å². The zero-order valence-corrected chi connectivity index (χ0v) is 10.9. The van der Waals surface area contributed by atoms with Crippen molar-refractivity contribution in [1.29, 1.82) is 0 Å². The predicted octanol–water partition coefficient (Wildman–Crippen LogP) is 1.79. The number of carbonyl (C=O) groups excluding carboxylic acids is 1. The quantitative estimate of drug-likeness (QED) is 0.714. The highest BCUT2D eigenvalue weighted by Gasteiger charge is 2.07. The van der Waals surface area contributed by atoms with Gasteiger partial charge < -0.3 is 16.4 Å². The number of aryl methyl sites for hydroxylation is 1. The Balaban J connectivity index is 2.81. The van der Waals surface area contributed by atoms with Crippen LogP contribution in [0.25, 0.3) is 0 Å². The number of nitrogens with two attached hydrogens (primary N) is 1. The third-order valence-corrected chi connectivity index (χ3v) is 2.38. The van der Waals surface area contributed by atoms with Crippen molar-refractivity contribution < 1.29 is 4.79 Å². The van der Waals surface area contributed by atoms with E-state index in [1.54, 1.807) is 12.1 Å². The molecule has 0 saturated carbocycles. The van der Waals surface area contributed by atoms with Crippen molar-refractivity contribution in [2.45, 2.75) is 20.3 Å². The van der Waals surface area contributed by atoms with Crippen LogP contribution in [0.4, 0.5) is 5.69 Å². The van der Waals surface area contributed by atoms with Gasteiger partial charge in [0.25, 0.3) is 5.91 Å². The molecule has 1 rings (SSSR count). The number of rotatable bonds is 4. The molecular weight excluding hydrogens is 234 g/mol. The average Bonchev–Trinajstić information content (AvgIpc) is 2.28. The number of nitrogens with one attached hydrogen (secondary N) is 2. The molecule has 4 nitrogen and oxygen atoms in total. The maximum absolute atomic E-state index is 11.7. The van der Waals surface area contributed by atoms with Gasteiger partial charge in [-0.3, -0.25) is 4.79 Å². The summed E-state index contributed by atoms with van der Waals surface area (Å²) < 4.78 is 0. The molecule has 4 N–H and O–H groups in total. The van der Waals surface area contributed by atoms with Crippen LogP contribution in [0.2, 0.25) is 0 Å². The highest BCUT2D eigenvalue weighted by atomic mass is 32.1. The molecule has 0 heterocycles. The first-order valence-electron chi connectivity index (χ1n) is 5.50. The topological polar surface area (TPSA) is 67.2 Å². The third-order valence-electron chi connectivity index (χ3n) is 2.28. The molecule has 0 atom stereocenters. The first-order valence-corrected chi connectivity index (χ1v) is 5.90. The van der Waals surface area contributed by atoms with Gasteiger partial charge in [0.15, 0.2) is 5.11 Å². The Hall–Kier alpha value is -1.62. The molecular formula is C12H17N3OS. The Labute approximate surface area is 107 Å². The number of hydrogen-bond donors (Lipinski definition) is 3. The monoisotopic (exact) mass is 251 g/mol.